The van der Waals surface area contributed by atoms with Gasteiger partial charge < -0.3 is 10.1 Å². The van der Waals surface area contributed by atoms with E-state index in [4.69, 9.17) is 62.7 Å². The molecule has 3 aromatic carbocycles. The molecule has 0 unspecified atom stereocenters. The van der Waals surface area contributed by atoms with Gasteiger partial charge in [-0.1, -0.05) is 82.3 Å². The molecule has 0 aliphatic carbocycles. The van der Waals surface area contributed by atoms with Gasteiger partial charge in [0.2, 0.25) is 0 Å². The number of hydrogen-bond donors (Lipinski definition) is 2. The third kappa shape index (κ3) is 5.14. The second kappa shape index (κ2) is 10.2. The number of halogens is 5. The van der Waals surface area contributed by atoms with Gasteiger partial charge in [-0.2, -0.15) is 0 Å². The number of amides is 3. The van der Waals surface area contributed by atoms with Crippen molar-refractivity contribution < 1.29 is 14.3 Å². The molecule has 7 nitrogen and oxygen atoms in total. The zero-order valence-electron chi connectivity index (χ0n) is 16.7. The lowest BCUT2D eigenvalue weighted by atomic mass is 10.1. The molecule has 4 aromatic rings. The summed E-state index contributed by atoms with van der Waals surface area (Å²) in [4.78, 5) is 31.9. The smallest absolute Gasteiger partial charge is 0.326 e. The maximum atomic E-state index is 12.3. The molecular formula is C22H11Cl5N4O3. The van der Waals surface area contributed by atoms with Crippen molar-refractivity contribution in [1.82, 2.24) is 15.3 Å². The van der Waals surface area contributed by atoms with E-state index in [1.54, 1.807) is 12.1 Å². The minimum atomic E-state index is -0.889. The van der Waals surface area contributed by atoms with E-state index in [-0.39, 0.29) is 37.4 Å². The molecule has 172 valence electrons. The monoisotopic (exact) mass is 554 g/mol. The van der Waals surface area contributed by atoms with Crippen LogP contribution in [0.15, 0.2) is 54.9 Å². The summed E-state index contributed by atoms with van der Waals surface area (Å²) in [6, 6.07) is 12.8. The largest absolute Gasteiger partial charge is 0.454 e. The van der Waals surface area contributed by atoms with Crippen LogP contribution in [0.25, 0.3) is 10.8 Å². The lowest BCUT2D eigenvalue weighted by molar-refractivity contribution is 0.0966. The average molecular weight is 557 g/mol. The van der Waals surface area contributed by atoms with Crippen LogP contribution in [0, 0.1) is 0 Å². The maximum Gasteiger partial charge on any atom is 0.326 e. The third-order valence-corrected chi connectivity index (χ3v) is 5.97. The number of carbonyl (C=O) groups excluding carboxylic acids is 2. The summed E-state index contributed by atoms with van der Waals surface area (Å²) in [6.45, 7) is 0. The van der Waals surface area contributed by atoms with Crippen LogP contribution in [0.3, 0.4) is 0 Å². The van der Waals surface area contributed by atoms with Crippen molar-refractivity contribution in [3.8, 4) is 11.5 Å². The molecule has 0 atom stereocenters. The Morgan fingerprint density at radius 3 is 2.06 bits per heavy atom. The Labute approximate surface area is 217 Å². The van der Waals surface area contributed by atoms with Gasteiger partial charge in [-0.05, 0) is 24.3 Å². The summed E-state index contributed by atoms with van der Waals surface area (Å²) in [7, 11) is 0. The van der Waals surface area contributed by atoms with Crippen molar-refractivity contribution in [3.63, 3.8) is 0 Å². The molecule has 1 heterocycles. The molecule has 2 N–H and O–H groups in total. The highest BCUT2D eigenvalue weighted by Gasteiger charge is 2.20. The van der Waals surface area contributed by atoms with Gasteiger partial charge in [-0.3, -0.25) is 10.1 Å². The molecule has 0 radical (unpaired) electrons. The normalized spacial score (nSPS) is 10.7. The fraction of sp³-hybridized carbons (Fsp3) is 0. The number of hydrogen-bond acceptors (Lipinski definition) is 5. The van der Waals surface area contributed by atoms with Gasteiger partial charge in [0, 0.05) is 21.5 Å². The zero-order chi connectivity index (χ0) is 24.4. The average Bonchev–Trinajstić information content (AvgIpc) is 2.77. The molecule has 3 amide bonds. The number of anilines is 1. The molecule has 1 aromatic heterocycles. The third-order valence-electron chi connectivity index (χ3n) is 4.51. The van der Waals surface area contributed by atoms with E-state index in [2.05, 4.69) is 20.6 Å². The molecule has 0 aliphatic heterocycles. The Bertz CT molecular complexity index is 1400. The summed E-state index contributed by atoms with van der Waals surface area (Å²) in [6.07, 6.45) is 1.09. The van der Waals surface area contributed by atoms with Crippen molar-refractivity contribution in [1.29, 1.82) is 0 Å². The Morgan fingerprint density at radius 2 is 1.41 bits per heavy atom. The van der Waals surface area contributed by atoms with E-state index in [1.807, 2.05) is 24.3 Å². The Kier molecular flexibility index (Phi) is 7.30. The standard InChI is InChI=1S/C22H11Cl5N4O3/c23-13-5-6-16(12-4-2-1-3-11(12)13)34-18-14(24)7-10(8-15(18)25)30-22(33)31-21(32)17-19(26)28-9-29-20(17)27/h1-9H,(H2,30,31,32,33). The predicted molar refractivity (Wildman–Crippen MR) is 134 cm³/mol. The molecule has 0 saturated carbocycles. The van der Waals surface area contributed by atoms with Crippen molar-refractivity contribution in [2.45, 2.75) is 0 Å². The highest BCUT2D eigenvalue weighted by Crippen LogP contribution is 2.41. The van der Waals surface area contributed by atoms with E-state index in [0.29, 0.717) is 10.8 Å². The van der Waals surface area contributed by atoms with Gasteiger partial charge >= 0.3 is 6.03 Å². The summed E-state index contributed by atoms with van der Waals surface area (Å²) in [5, 5.41) is 6.51. The van der Waals surface area contributed by atoms with E-state index >= 15 is 0 Å². The Hall–Kier alpha value is -2.81. The van der Waals surface area contributed by atoms with Crippen molar-refractivity contribution in [3.05, 3.63) is 85.8 Å². The number of ether oxygens (including phenoxy) is 1. The molecular weight excluding hydrogens is 546 g/mol. The minimum Gasteiger partial charge on any atom is -0.454 e. The first kappa shape index (κ1) is 24.3. The highest BCUT2D eigenvalue weighted by molar-refractivity contribution is 6.39. The van der Waals surface area contributed by atoms with Crippen LogP contribution >= 0.6 is 58.0 Å². The molecule has 0 spiro atoms. The first-order chi connectivity index (χ1) is 16.2. The van der Waals surface area contributed by atoms with E-state index in [0.717, 1.165) is 17.1 Å². The summed E-state index contributed by atoms with van der Waals surface area (Å²) in [5.41, 5.74) is -0.0360. The number of benzene rings is 3. The number of urea groups is 1. The van der Waals surface area contributed by atoms with E-state index in [9.17, 15) is 9.59 Å². The first-order valence-corrected chi connectivity index (χ1v) is 11.3. The van der Waals surface area contributed by atoms with Gasteiger partial charge in [-0.25, -0.2) is 14.8 Å². The maximum absolute atomic E-state index is 12.3. The summed E-state index contributed by atoms with van der Waals surface area (Å²) in [5.74, 6) is -0.218. The number of fused-ring (bicyclic) bond motifs is 1. The van der Waals surface area contributed by atoms with E-state index in [1.165, 1.54) is 12.1 Å². The number of rotatable bonds is 4. The minimum absolute atomic E-state index is 0.121. The van der Waals surface area contributed by atoms with Gasteiger partial charge in [0.05, 0.1) is 10.0 Å². The fourth-order valence-corrected chi connectivity index (χ4v) is 4.30. The van der Waals surface area contributed by atoms with E-state index < -0.39 is 11.9 Å². The number of nitrogens with one attached hydrogen (secondary N) is 2. The molecule has 34 heavy (non-hydrogen) atoms. The highest BCUT2D eigenvalue weighted by atomic mass is 35.5. The zero-order valence-corrected chi connectivity index (χ0v) is 20.5. The van der Waals surface area contributed by atoms with Crippen LogP contribution in [-0.4, -0.2) is 21.9 Å². The van der Waals surface area contributed by atoms with Crippen LogP contribution in [-0.2, 0) is 0 Å². The molecule has 0 aliphatic rings. The van der Waals surface area contributed by atoms with Crippen LogP contribution in [0.5, 0.6) is 11.5 Å². The SMILES string of the molecule is O=C(NC(=O)c1c(Cl)ncnc1Cl)Nc1cc(Cl)c(Oc2ccc(Cl)c3ccccc23)c(Cl)c1. The molecule has 0 bridgehead atoms. The number of carbonyl (C=O) groups is 2. The molecule has 0 saturated heterocycles. The summed E-state index contributed by atoms with van der Waals surface area (Å²) < 4.78 is 5.97. The first-order valence-electron chi connectivity index (χ1n) is 9.37. The summed E-state index contributed by atoms with van der Waals surface area (Å²) >= 11 is 30.7. The van der Waals surface area contributed by atoms with Crippen LogP contribution in [0.1, 0.15) is 10.4 Å². The van der Waals surface area contributed by atoms with Crippen LogP contribution in [0.4, 0.5) is 10.5 Å². The second-order valence-electron chi connectivity index (χ2n) is 6.70. The Balaban J connectivity index is 1.53. The quantitative estimate of drug-likeness (QED) is 0.252. The lowest BCUT2D eigenvalue weighted by Crippen LogP contribution is -2.34. The van der Waals surface area contributed by atoms with Crippen LogP contribution in [0.2, 0.25) is 25.4 Å². The molecule has 4 rings (SSSR count). The van der Waals surface area contributed by atoms with Crippen molar-refractivity contribution in [2.24, 2.45) is 0 Å². The predicted octanol–water partition coefficient (Wildman–Crippen LogP) is 7.65. The lowest BCUT2D eigenvalue weighted by Gasteiger charge is -2.14. The van der Waals surface area contributed by atoms with Gasteiger partial charge in [0.1, 0.15) is 27.9 Å². The Morgan fingerprint density at radius 1 is 0.794 bits per heavy atom. The number of nitrogens with zero attached hydrogens (tertiary/aromatic N) is 2. The second-order valence-corrected chi connectivity index (χ2v) is 8.64. The van der Waals surface area contributed by atoms with Crippen LogP contribution < -0.4 is 15.4 Å². The topological polar surface area (TPSA) is 93.2 Å². The number of imide groups is 1. The van der Waals surface area contributed by atoms with Gasteiger partial charge in [0.15, 0.2) is 5.75 Å². The van der Waals surface area contributed by atoms with Crippen molar-refractivity contribution >= 4 is 86.4 Å². The molecule has 12 heteroatoms. The number of aromatic nitrogens is 2. The molecule has 0 fully saturated rings. The van der Waals surface area contributed by atoms with Gasteiger partial charge in [0.25, 0.3) is 5.91 Å². The van der Waals surface area contributed by atoms with Gasteiger partial charge in [-0.15, -0.1) is 0 Å². The fourth-order valence-electron chi connectivity index (χ4n) is 3.02. The van der Waals surface area contributed by atoms with Crippen molar-refractivity contribution in [2.75, 3.05) is 5.32 Å².